The maximum Gasteiger partial charge on any atom is 0.236 e. The SMILES string of the molecule is CCN(CC(=O)N(C)C)Cc1ccc(C(N)=S)cc1C. The first-order valence-electron chi connectivity index (χ1n) is 6.67. The molecule has 0 heterocycles. The van der Waals surface area contributed by atoms with Gasteiger partial charge in [0.05, 0.1) is 6.54 Å². The van der Waals surface area contributed by atoms with Crippen molar-refractivity contribution in [2.75, 3.05) is 27.2 Å². The van der Waals surface area contributed by atoms with E-state index in [4.69, 9.17) is 18.0 Å². The summed E-state index contributed by atoms with van der Waals surface area (Å²) < 4.78 is 0. The van der Waals surface area contributed by atoms with E-state index in [1.54, 1.807) is 19.0 Å². The Hall–Kier alpha value is -1.46. The van der Waals surface area contributed by atoms with Crippen molar-refractivity contribution in [3.05, 3.63) is 34.9 Å². The minimum absolute atomic E-state index is 0.115. The van der Waals surface area contributed by atoms with E-state index >= 15 is 0 Å². The number of nitrogens with two attached hydrogens (primary N) is 1. The van der Waals surface area contributed by atoms with Crippen LogP contribution in [0.15, 0.2) is 18.2 Å². The van der Waals surface area contributed by atoms with E-state index in [0.29, 0.717) is 11.5 Å². The highest BCUT2D eigenvalue weighted by Crippen LogP contribution is 2.14. The molecule has 2 N–H and O–H groups in total. The van der Waals surface area contributed by atoms with Gasteiger partial charge in [-0.25, -0.2) is 0 Å². The third-order valence-corrected chi connectivity index (χ3v) is 3.56. The van der Waals surface area contributed by atoms with Gasteiger partial charge in [-0.3, -0.25) is 9.69 Å². The number of amides is 1. The molecular formula is C15H23N3OS. The number of aryl methyl sites for hydroxylation is 1. The number of thiocarbonyl (C=S) groups is 1. The lowest BCUT2D eigenvalue weighted by Gasteiger charge is -2.23. The molecular weight excluding hydrogens is 270 g/mol. The van der Waals surface area contributed by atoms with E-state index in [2.05, 4.69) is 11.8 Å². The van der Waals surface area contributed by atoms with Crippen LogP contribution in [0.2, 0.25) is 0 Å². The smallest absolute Gasteiger partial charge is 0.236 e. The zero-order chi connectivity index (χ0) is 15.3. The molecule has 20 heavy (non-hydrogen) atoms. The van der Waals surface area contributed by atoms with Crippen LogP contribution >= 0.6 is 12.2 Å². The lowest BCUT2D eigenvalue weighted by molar-refractivity contribution is -0.130. The summed E-state index contributed by atoms with van der Waals surface area (Å²) in [7, 11) is 3.55. The molecule has 1 rings (SSSR count). The van der Waals surface area contributed by atoms with E-state index in [1.807, 2.05) is 25.1 Å². The van der Waals surface area contributed by atoms with Gasteiger partial charge in [-0.05, 0) is 30.7 Å². The number of hydrogen-bond acceptors (Lipinski definition) is 3. The van der Waals surface area contributed by atoms with Crippen LogP contribution in [0.1, 0.15) is 23.6 Å². The summed E-state index contributed by atoms with van der Waals surface area (Å²) in [4.78, 5) is 15.9. The lowest BCUT2D eigenvalue weighted by atomic mass is 10.0. The number of likely N-dealkylation sites (N-methyl/N-ethyl adjacent to an activating group) is 2. The van der Waals surface area contributed by atoms with Gasteiger partial charge in [0.15, 0.2) is 0 Å². The van der Waals surface area contributed by atoms with Crippen molar-refractivity contribution in [1.29, 1.82) is 0 Å². The van der Waals surface area contributed by atoms with Crippen LogP contribution in [0.3, 0.4) is 0 Å². The Kier molecular flexibility index (Phi) is 6.10. The molecule has 0 aromatic heterocycles. The number of rotatable bonds is 6. The van der Waals surface area contributed by atoms with E-state index in [0.717, 1.165) is 24.2 Å². The topological polar surface area (TPSA) is 49.6 Å². The summed E-state index contributed by atoms with van der Waals surface area (Å²) in [6.07, 6.45) is 0. The van der Waals surface area contributed by atoms with Crippen LogP contribution in [0.5, 0.6) is 0 Å². The lowest BCUT2D eigenvalue weighted by Crippen LogP contribution is -2.36. The average Bonchev–Trinajstić information content (AvgIpc) is 2.39. The summed E-state index contributed by atoms with van der Waals surface area (Å²) in [5.74, 6) is 0.115. The predicted octanol–water partition coefficient (Wildman–Crippen LogP) is 1.54. The second kappa shape index (κ2) is 7.36. The fourth-order valence-electron chi connectivity index (χ4n) is 1.88. The van der Waals surface area contributed by atoms with Gasteiger partial charge in [-0.15, -0.1) is 0 Å². The predicted molar refractivity (Wildman–Crippen MR) is 86.7 cm³/mol. The largest absolute Gasteiger partial charge is 0.389 e. The first kappa shape index (κ1) is 16.6. The number of benzene rings is 1. The summed E-state index contributed by atoms with van der Waals surface area (Å²) in [6, 6.07) is 5.97. The van der Waals surface area contributed by atoms with E-state index in [9.17, 15) is 4.79 Å². The Labute approximate surface area is 126 Å². The maximum absolute atomic E-state index is 11.8. The molecule has 1 aromatic carbocycles. The van der Waals surface area contributed by atoms with Crippen molar-refractivity contribution in [1.82, 2.24) is 9.80 Å². The molecule has 0 aliphatic heterocycles. The summed E-state index contributed by atoms with van der Waals surface area (Å²) in [5.41, 5.74) is 8.85. The van der Waals surface area contributed by atoms with Crippen molar-refractivity contribution >= 4 is 23.1 Å². The highest BCUT2D eigenvalue weighted by atomic mass is 32.1. The molecule has 0 aliphatic carbocycles. The van der Waals surface area contributed by atoms with Gasteiger partial charge in [0.2, 0.25) is 5.91 Å². The zero-order valence-electron chi connectivity index (χ0n) is 12.6. The van der Waals surface area contributed by atoms with E-state index < -0.39 is 0 Å². The number of hydrogen-bond donors (Lipinski definition) is 1. The van der Waals surface area contributed by atoms with Gasteiger partial charge in [0.25, 0.3) is 0 Å². The summed E-state index contributed by atoms with van der Waals surface area (Å²) in [5, 5.41) is 0. The van der Waals surface area contributed by atoms with Crippen molar-refractivity contribution in [2.45, 2.75) is 20.4 Å². The molecule has 0 atom stereocenters. The first-order chi connectivity index (χ1) is 9.35. The fourth-order valence-corrected chi connectivity index (χ4v) is 2.01. The minimum Gasteiger partial charge on any atom is -0.389 e. The Bertz CT molecular complexity index is 500. The monoisotopic (exact) mass is 293 g/mol. The Morgan fingerprint density at radius 3 is 2.45 bits per heavy atom. The van der Waals surface area contributed by atoms with E-state index in [-0.39, 0.29) is 5.91 Å². The molecule has 4 nitrogen and oxygen atoms in total. The highest BCUT2D eigenvalue weighted by Gasteiger charge is 2.12. The van der Waals surface area contributed by atoms with Gasteiger partial charge in [0.1, 0.15) is 4.99 Å². The first-order valence-corrected chi connectivity index (χ1v) is 7.07. The van der Waals surface area contributed by atoms with E-state index in [1.165, 1.54) is 5.56 Å². The van der Waals surface area contributed by atoms with Gasteiger partial charge in [-0.2, -0.15) is 0 Å². The average molecular weight is 293 g/mol. The molecule has 0 saturated carbocycles. The normalized spacial score (nSPS) is 10.7. The molecule has 0 fully saturated rings. The number of nitrogens with zero attached hydrogens (tertiary/aromatic N) is 2. The van der Waals surface area contributed by atoms with Crippen molar-refractivity contribution in [3.8, 4) is 0 Å². The number of carbonyl (C=O) groups is 1. The molecule has 5 heteroatoms. The van der Waals surface area contributed by atoms with Crippen molar-refractivity contribution in [2.24, 2.45) is 5.73 Å². The Morgan fingerprint density at radius 2 is 2.00 bits per heavy atom. The second-order valence-electron chi connectivity index (χ2n) is 5.10. The van der Waals surface area contributed by atoms with Crippen LogP contribution in [0, 0.1) is 6.92 Å². The molecule has 0 spiro atoms. The fraction of sp³-hybridized carbons (Fsp3) is 0.467. The minimum atomic E-state index is 0.115. The third kappa shape index (κ3) is 4.58. The molecule has 110 valence electrons. The molecule has 1 aromatic rings. The van der Waals surface area contributed by atoms with Gasteiger partial charge in [-0.1, -0.05) is 31.3 Å². The van der Waals surface area contributed by atoms with Crippen LogP contribution in [0.25, 0.3) is 0 Å². The molecule has 0 radical (unpaired) electrons. The molecule has 0 aliphatic rings. The second-order valence-corrected chi connectivity index (χ2v) is 5.54. The van der Waals surface area contributed by atoms with Gasteiger partial charge < -0.3 is 10.6 Å². The Morgan fingerprint density at radius 1 is 1.35 bits per heavy atom. The quantitative estimate of drug-likeness (QED) is 0.808. The Balaban J connectivity index is 2.80. The summed E-state index contributed by atoms with van der Waals surface area (Å²) in [6.45, 7) is 6.11. The van der Waals surface area contributed by atoms with Crippen LogP contribution in [0.4, 0.5) is 0 Å². The summed E-state index contributed by atoms with van der Waals surface area (Å²) >= 11 is 4.98. The standard InChI is InChI=1S/C15H23N3OS/c1-5-18(10-14(19)17(3)4)9-13-7-6-12(15(16)20)8-11(13)2/h6-8H,5,9-10H2,1-4H3,(H2,16,20). The number of carbonyl (C=O) groups excluding carboxylic acids is 1. The van der Waals surface area contributed by atoms with Gasteiger partial charge in [0, 0.05) is 26.2 Å². The molecule has 1 amide bonds. The third-order valence-electron chi connectivity index (χ3n) is 3.33. The molecule has 0 saturated heterocycles. The van der Waals surface area contributed by atoms with Gasteiger partial charge >= 0.3 is 0 Å². The zero-order valence-corrected chi connectivity index (χ0v) is 13.5. The molecule has 0 unspecified atom stereocenters. The van der Waals surface area contributed by atoms with Crippen molar-refractivity contribution < 1.29 is 4.79 Å². The van der Waals surface area contributed by atoms with Crippen LogP contribution in [-0.2, 0) is 11.3 Å². The molecule has 0 bridgehead atoms. The highest BCUT2D eigenvalue weighted by molar-refractivity contribution is 7.80. The maximum atomic E-state index is 11.8. The van der Waals surface area contributed by atoms with Crippen LogP contribution < -0.4 is 5.73 Å². The van der Waals surface area contributed by atoms with Crippen LogP contribution in [-0.4, -0.2) is 47.9 Å². The van der Waals surface area contributed by atoms with Crippen molar-refractivity contribution in [3.63, 3.8) is 0 Å².